The highest BCUT2D eigenvalue weighted by molar-refractivity contribution is 5.81. The van der Waals surface area contributed by atoms with E-state index < -0.39 is 5.82 Å². The molecule has 128 valence electrons. The molecule has 3 aromatic rings. The zero-order valence-corrected chi connectivity index (χ0v) is 13.8. The normalized spacial score (nSPS) is 16.2. The van der Waals surface area contributed by atoms with Gasteiger partial charge in [0.15, 0.2) is 5.82 Å². The molecule has 3 heterocycles. The van der Waals surface area contributed by atoms with Crippen molar-refractivity contribution in [2.45, 2.75) is 25.5 Å². The van der Waals surface area contributed by atoms with Crippen LogP contribution in [0.25, 0.3) is 10.9 Å². The first-order valence-corrected chi connectivity index (χ1v) is 8.47. The fourth-order valence-corrected chi connectivity index (χ4v) is 3.23. The van der Waals surface area contributed by atoms with Crippen molar-refractivity contribution in [1.29, 1.82) is 0 Å². The lowest BCUT2D eigenvalue weighted by Crippen LogP contribution is -2.38. The number of piperidine rings is 1. The molecule has 1 fully saturated rings. The molecule has 1 aliphatic rings. The van der Waals surface area contributed by atoms with Gasteiger partial charge in [0.25, 0.3) is 0 Å². The van der Waals surface area contributed by atoms with E-state index in [9.17, 15) is 4.39 Å². The summed E-state index contributed by atoms with van der Waals surface area (Å²) in [5.74, 6) is -0.452. The highest BCUT2D eigenvalue weighted by atomic mass is 19.1. The van der Waals surface area contributed by atoms with Gasteiger partial charge in [-0.3, -0.25) is 9.88 Å². The molecule has 4 rings (SSSR count). The summed E-state index contributed by atoms with van der Waals surface area (Å²) in [6, 6.07) is 10.6. The number of pyridine rings is 1. The van der Waals surface area contributed by atoms with Crippen molar-refractivity contribution in [1.82, 2.24) is 19.9 Å². The number of halogens is 1. The molecule has 5 nitrogen and oxygen atoms in total. The maximum atomic E-state index is 12.8. The van der Waals surface area contributed by atoms with E-state index in [1.165, 1.54) is 10.9 Å². The molecule has 0 N–H and O–H groups in total. The Balaban J connectivity index is 1.36. The van der Waals surface area contributed by atoms with Crippen LogP contribution in [0.2, 0.25) is 0 Å². The Bertz CT molecular complexity index is 842. The average Bonchev–Trinajstić information content (AvgIpc) is 2.65. The lowest BCUT2D eigenvalue weighted by atomic mass is 10.0. The van der Waals surface area contributed by atoms with Crippen molar-refractivity contribution in [2.24, 2.45) is 0 Å². The van der Waals surface area contributed by atoms with Gasteiger partial charge >= 0.3 is 6.01 Å². The third kappa shape index (κ3) is 3.74. The van der Waals surface area contributed by atoms with E-state index in [1.54, 1.807) is 0 Å². The molecule has 1 aromatic carbocycles. The number of benzene rings is 1. The van der Waals surface area contributed by atoms with Crippen molar-refractivity contribution >= 4 is 10.9 Å². The molecule has 1 aliphatic heterocycles. The van der Waals surface area contributed by atoms with Crippen molar-refractivity contribution < 1.29 is 9.13 Å². The van der Waals surface area contributed by atoms with Crippen LogP contribution in [0.15, 0.2) is 48.9 Å². The summed E-state index contributed by atoms with van der Waals surface area (Å²) in [7, 11) is 0. The second-order valence-corrected chi connectivity index (χ2v) is 6.26. The average molecular weight is 338 g/mol. The van der Waals surface area contributed by atoms with Gasteiger partial charge in [-0.05, 0) is 30.5 Å². The highest BCUT2D eigenvalue weighted by Crippen LogP contribution is 2.21. The summed E-state index contributed by atoms with van der Waals surface area (Å²) in [4.78, 5) is 14.6. The summed E-state index contributed by atoms with van der Waals surface area (Å²) < 4.78 is 18.6. The SMILES string of the molecule is Fc1cnc(OC2CCN(Cc3ccnc4ccccc34)CC2)nc1. The van der Waals surface area contributed by atoms with E-state index in [1.807, 2.05) is 18.3 Å². The molecular weight excluding hydrogens is 319 g/mol. The molecule has 0 saturated carbocycles. The Kier molecular flexibility index (Phi) is 4.52. The molecule has 6 heteroatoms. The second-order valence-electron chi connectivity index (χ2n) is 6.26. The van der Waals surface area contributed by atoms with Gasteiger partial charge in [0.1, 0.15) is 6.10 Å². The van der Waals surface area contributed by atoms with Gasteiger partial charge in [-0.25, -0.2) is 14.4 Å². The first kappa shape index (κ1) is 15.9. The largest absolute Gasteiger partial charge is 0.460 e. The van der Waals surface area contributed by atoms with Gasteiger partial charge in [0.05, 0.1) is 17.9 Å². The minimum absolute atomic E-state index is 0.0795. The van der Waals surface area contributed by atoms with Gasteiger partial charge in [0.2, 0.25) is 0 Å². The van der Waals surface area contributed by atoms with Crippen LogP contribution < -0.4 is 4.74 Å². The minimum Gasteiger partial charge on any atom is -0.460 e. The summed E-state index contributed by atoms with van der Waals surface area (Å²) in [5, 5.41) is 1.21. The predicted molar refractivity (Wildman–Crippen MR) is 92.7 cm³/mol. The maximum absolute atomic E-state index is 12.8. The molecule has 0 aliphatic carbocycles. The van der Waals surface area contributed by atoms with Crippen molar-refractivity contribution in [2.75, 3.05) is 13.1 Å². The van der Waals surface area contributed by atoms with Crippen LogP contribution in [0.5, 0.6) is 6.01 Å². The van der Waals surface area contributed by atoms with Gasteiger partial charge in [-0.1, -0.05) is 18.2 Å². The van der Waals surface area contributed by atoms with Gasteiger partial charge in [0, 0.05) is 31.2 Å². The van der Waals surface area contributed by atoms with Crippen LogP contribution in [0.3, 0.4) is 0 Å². The Labute approximate surface area is 145 Å². The fourth-order valence-electron chi connectivity index (χ4n) is 3.23. The molecule has 0 radical (unpaired) electrons. The number of nitrogens with zero attached hydrogens (tertiary/aromatic N) is 4. The van der Waals surface area contributed by atoms with Crippen LogP contribution in [0.1, 0.15) is 18.4 Å². The number of rotatable bonds is 4. The smallest absolute Gasteiger partial charge is 0.316 e. The summed E-state index contributed by atoms with van der Waals surface area (Å²) in [5.41, 5.74) is 2.33. The van der Waals surface area contributed by atoms with Crippen molar-refractivity contribution in [3.05, 3.63) is 60.3 Å². The molecule has 1 saturated heterocycles. The Morgan fingerprint density at radius 3 is 2.60 bits per heavy atom. The number of hydrogen-bond acceptors (Lipinski definition) is 5. The quantitative estimate of drug-likeness (QED) is 0.731. The van der Waals surface area contributed by atoms with E-state index in [0.717, 1.165) is 50.4 Å². The van der Waals surface area contributed by atoms with E-state index in [0.29, 0.717) is 0 Å². The highest BCUT2D eigenvalue weighted by Gasteiger charge is 2.21. The first-order chi connectivity index (χ1) is 12.3. The second kappa shape index (κ2) is 7.11. The van der Waals surface area contributed by atoms with Crippen molar-refractivity contribution in [3.8, 4) is 6.01 Å². The summed E-state index contributed by atoms with van der Waals surface area (Å²) in [6.07, 6.45) is 6.03. The molecular formula is C19H19FN4O. The Morgan fingerprint density at radius 1 is 1.04 bits per heavy atom. The lowest BCUT2D eigenvalue weighted by molar-refractivity contribution is 0.0892. The predicted octanol–water partition coefficient (Wildman–Crippen LogP) is 3.21. The molecule has 0 bridgehead atoms. The van der Waals surface area contributed by atoms with Gasteiger partial charge in [-0.15, -0.1) is 0 Å². The standard InChI is InChI=1S/C19H19FN4O/c20-15-11-22-19(23-12-15)25-16-6-9-24(10-7-16)13-14-5-8-21-18-4-2-1-3-17(14)18/h1-5,8,11-12,16H,6-7,9-10,13H2. The summed E-state index contributed by atoms with van der Waals surface area (Å²) >= 11 is 0. The number of para-hydroxylation sites is 1. The zero-order valence-electron chi connectivity index (χ0n) is 13.8. The van der Waals surface area contributed by atoms with Crippen LogP contribution in [0, 0.1) is 5.82 Å². The monoisotopic (exact) mass is 338 g/mol. The van der Waals surface area contributed by atoms with E-state index >= 15 is 0 Å². The Morgan fingerprint density at radius 2 is 1.80 bits per heavy atom. The van der Waals surface area contributed by atoms with Crippen LogP contribution >= 0.6 is 0 Å². The maximum Gasteiger partial charge on any atom is 0.316 e. The van der Waals surface area contributed by atoms with Crippen molar-refractivity contribution in [3.63, 3.8) is 0 Å². The number of aromatic nitrogens is 3. The molecule has 0 amide bonds. The van der Waals surface area contributed by atoms with Crippen LogP contribution in [-0.2, 0) is 6.54 Å². The number of hydrogen-bond donors (Lipinski definition) is 0. The third-order valence-electron chi connectivity index (χ3n) is 4.54. The van der Waals surface area contributed by atoms with Gasteiger partial charge < -0.3 is 4.74 Å². The Hall–Kier alpha value is -2.60. The molecule has 25 heavy (non-hydrogen) atoms. The zero-order chi connectivity index (χ0) is 17.1. The topological polar surface area (TPSA) is 51.1 Å². The molecule has 0 atom stereocenters. The van der Waals surface area contributed by atoms with Gasteiger partial charge in [-0.2, -0.15) is 0 Å². The van der Waals surface area contributed by atoms with E-state index in [2.05, 4.69) is 38.1 Å². The summed E-state index contributed by atoms with van der Waals surface area (Å²) in [6.45, 7) is 2.80. The fraction of sp³-hybridized carbons (Fsp3) is 0.316. The molecule has 0 spiro atoms. The minimum atomic E-state index is -0.452. The number of fused-ring (bicyclic) bond motifs is 1. The number of likely N-dealkylation sites (tertiary alicyclic amines) is 1. The first-order valence-electron chi connectivity index (χ1n) is 8.47. The van der Waals surface area contributed by atoms with E-state index in [4.69, 9.17) is 4.74 Å². The third-order valence-corrected chi connectivity index (χ3v) is 4.54. The van der Waals surface area contributed by atoms with E-state index in [-0.39, 0.29) is 12.1 Å². The lowest BCUT2D eigenvalue weighted by Gasteiger charge is -2.31. The van der Waals surface area contributed by atoms with Crippen LogP contribution in [0.4, 0.5) is 4.39 Å². The van der Waals surface area contributed by atoms with Crippen LogP contribution in [-0.4, -0.2) is 39.0 Å². The molecule has 2 aromatic heterocycles. The number of ether oxygens (including phenoxy) is 1. The molecule has 0 unspecified atom stereocenters.